The number of hydrogen-bond donors (Lipinski definition) is 1. The number of nitrogens with zero attached hydrogens (tertiary/aromatic N) is 4. The van der Waals surface area contributed by atoms with E-state index < -0.39 is 10.0 Å². The van der Waals surface area contributed by atoms with Crippen molar-refractivity contribution < 1.29 is 8.42 Å². The fourth-order valence-electron chi connectivity index (χ4n) is 2.78. The summed E-state index contributed by atoms with van der Waals surface area (Å²) in [7, 11) is -1.32. The molecule has 124 valence electrons. The molecule has 2 rings (SSSR count). The maximum absolute atomic E-state index is 11.0. The molecule has 0 spiro atoms. The van der Waals surface area contributed by atoms with Crippen molar-refractivity contribution in [2.75, 3.05) is 37.3 Å². The molecule has 8 heteroatoms. The third-order valence-corrected chi connectivity index (χ3v) is 4.93. The molecule has 0 aromatic carbocycles. The minimum absolute atomic E-state index is 0.0389. The Balaban J connectivity index is 1.88. The van der Waals surface area contributed by atoms with Gasteiger partial charge in [-0.25, -0.2) is 13.6 Å². The van der Waals surface area contributed by atoms with Crippen LogP contribution in [0.5, 0.6) is 0 Å². The molecule has 0 bridgehead atoms. The second kappa shape index (κ2) is 7.34. The van der Waals surface area contributed by atoms with Gasteiger partial charge in [0.15, 0.2) is 5.82 Å². The molecule has 2 heterocycles. The molecule has 0 radical (unpaired) electrons. The van der Waals surface area contributed by atoms with Crippen LogP contribution >= 0.6 is 0 Å². The number of likely N-dealkylation sites (N-methyl/N-ethyl adjacent to an activating group) is 1. The van der Waals surface area contributed by atoms with E-state index in [2.05, 4.69) is 20.0 Å². The lowest BCUT2D eigenvalue weighted by molar-refractivity contribution is 0.215. The van der Waals surface area contributed by atoms with Crippen LogP contribution in [0.25, 0.3) is 0 Å². The Labute approximate surface area is 132 Å². The largest absolute Gasteiger partial charge is 0.354 e. The normalized spacial score (nSPS) is 19.6. The van der Waals surface area contributed by atoms with Gasteiger partial charge >= 0.3 is 0 Å². The van der Waals surface area contributed by atoms with Gasteiger partial charge in [0.1, 0.15) is 0 Å². The van der Waals surface area contributed by atoms with Gasteiger partial charge in [-0.1, -0.05) is 0 Å². The monoisotopic (exact) mass is 327 g/mol. The molecule has 2 N–H and O–H groups in total. The molecular weight excluding hydrogens is 302 g/mol. The number of anilines is 1. The van der Waals surface area contributed by atoms with Gasteiger partial charge in [-0.15, -0.1) is 5.10 Å². The van der Waals surface area contributed by atoms with Crippen LogP contribution in [-0.2, 0) is 10.0 Å². The van der Waals surface area contributed by atoms with Crippen molar-refractivity contribution in [2.24, 2.45) is 5.14 Å². The number of rotatable bonds is 6. The molecule has 1 aliphatic heterocycles. The van der Waals surface area contributed by atoms with Crippen LogP contribution in [0.3, 0.4) is 0 Å². The van der Waals surface area contributed by atoms with Crippen molar-refractivity contribution in [1.29, 1.82) is 0 Å². The number of primary sulfonamides is 1. The number of hydrogen-bond acceptors (Lipinski definition) is 6. The summed E-state index contributed by atoms with van der Waals surface area (Å²) in [5, 5.41) is 13.4. The highest BCUT2D eigenvalue weighted by atomic mass is 32.2. The minimum atomic E-state index is -3.36. The molecule has 7 nitrogen and oxygen atoms in total. The molecule has 22 heavy (non-hydrogen) atoms. The Morgan fingerprint density at radius 3 is 2.82 bits per heavy atom. The standard InChI is InChI=1S/C14H25N5O2S/c1-12-6-7-14(17-16-12)19-9-3-5-13(11-19)18(2)8-4-10-22(15,20)21/h6-7,13H,3-5,8-11H2,1-2H3,(H2,15,20,21)/t13-/m1/s1. The summed E-state index contributed by atoms with van der Waals surface area (Å²) in [6, 6.07) is 4.38. The smallest absolute Gasteiger partial charge is 0.209 e. The topological polar surface area (TPSA) is 92.4 Å². The van der Waals surface area contributed by atoms with Crippen molar-refractivity contribution in [3.63, 3.8) is 0 Å². The lowest BCUT2D eigenvalue weighted by Crippen LogP contribution is -2.47. The van der Waals surface area contributed by atoms with E-state index in [0.717, 1.165) is 44.0 Å². The molecular formula is C14H25N5O2S. The Morgan fingerprint density at radius 1 is 1.41 bits per heavy atom. The fraction of sp³-hybridized carbons (Fsp3) is 0.714. The average molecular weight is 327 g/mol. The Kier molecular flexibility index (Phi) is 5.71. The van der Waals surface area contributed by atoms with Crippen LogP contribution in [0.15, 0.2) is 12.1 Å². The van der Waals surface area contributed by atoms with Crippen molar-refractivity contribution in [3.8, 4) is 0 Å². The van der Waals surface area contributed by atoms with E-state index in [-0.39, 0.29) is 5.75 Å². The van der Waals surface area contributed by atoms with Crippen molar-refractivity contribution in [3.05, 3.63) is 17.8 Å². The van der Waals surface area contributed by atoms with E-state index in [1.54, 1.807) is 0 Å². The highest BCUT2D eigenvalue weighted by molar-refractivity contribution is 7.89. The van der Waals surface area contributed by atoms with Gasteiger partial charge in [-0.2, -0.15) is 5.10 Å². The molecule has 0 aliphatic carbocycles. The summed E-state index contributed by atoms with van der Waals surface area (Å²) >= 11 is 0. The second-order valence-corrected chi connectivity index (χ2v) is 7.71. The van der Waals surface area contributed by atoms with Gasteiger partial charge in [0, 0.05) is 19.1 Å². The van der Waals surface area contributed by atoms with Gasteiger partial charge in [0.2, 0.25) is 10.0 Å². The number of aromatic nitrogens is 2. The maximum atomic E-state index is 11.0. The minimum Gasteiger partial charge on any atom is -0.354 e. The van der Waals surface area contributed by atoms with Gasteiger partial charge < -0.3 is 9.80 Å². The predicted molar refractivity (Wildman–Crippen MR) is 87.2 cm³/mol. The zero-order valence-corrected chi connectivity index (χ0v) is 14.1. The van der Waals surface area contributed by atoms with Crippen LogP contribution in [0.4, 0.5) is 5.82 Å². The summed E-state index contributed by atoms with van der Waals surface area (Å²) in [5.74, 6) is 0.949. The third-order valence-electron chi connectivity index (χ3n) is 4.07. The molecule has 1 aromatic heterocycles. The molecule has 1 saturated heterocycles. The van der Waals surface area contributed by atoms with Gasteiger partial charge in [0.05, 0.1) is 11.4 Å². The van der Waals surface area contributed by atoms with E-state index in [9.17, 15) is 8.42 Å². The maximum Gasteiger partial charge on any atom is 0.209 e. The van der Waals surface area contributed by atoms with Gasteiger partial charge in [-0.05, 0) is 51.9 Å². The lowest BCUT2D eigenvalue weighted by atomic mass is 10.0. The highest BCUT2D eigenvalue weighted by Gasteiger charge is 2.24. The number of aryl methyl sites for hydroxylation is 1. The first kappa shape index (κ1) is 17.1. The summed E-state index contributed by atoms with van der Waals surface area (Å²) in [5.41, 5.74) is 0.914. The van der Waals surface area contributed by atoms with E-state index in [1.807, 2.05) is 26.1 Å². The Morgan fingerprint density at radius 2 is 2.18 bits per heavy atom. The quantitative estimate of drug-likeness (QED) is 0.811. The zero-order chi connectivity index (χ0) is 16.2. The number of nitrogens with two attached hydrogens (primary N) is 1. The molecule has 1 atom stereocenters. The molecule has 0 amide bonds. The van der Waals surface area contributed by atoms with E-state index in [0.29, 0.717) is 12.5 Å². The molecule has 0 saturated carbocycles. The molecule has 1 aliphatic rings. The fourth-order valence-corrected chi connectivity index (χ4v) is 3.31. The van der Waals surface area contributed by atoms with E-state index >= 15 is 0 Å². The summed E-state index contributed by atoms with van der Waals surface area (Å²) in [6.07, 6.45) is 2.78. The molecule has 0 unspecified atom stereocenters. The highest BCUT2D eigenvalue weighted by Crippen LogP contribution is 2.20. The van der Waals surface area contributed by atoms with Crippen molar-refractivity contribution >= 4 is 15.8 Å². The van der Waals surface area contributed by atoms with Crippen molar-refractivity contribution in [2.45, 2.75) is 32.2 Å². The van der Waals surface area contributed by atoms with E-state index in [1.165, 1.54) is 0 Å². The van der Waals surface area contributed by atoms with Crippen LogP contribution < -0.4 is 10.0 Å². The van der Waals surface area contributed by atoms with Crippen molar-refractivity contribution in [1.82, 2.24) is 15.1 Å². The van der Waals surface area contributed by atoms with Crippen LogP contribution in [0.1, 0.15) is 25.0 Å². The SMILES string of the molecule is Cc1ccc(N2CCC[C@@H](N(C)CCCS(N)(=O)=O)C2)nn1. The van der Waals surface area contributed by atoms with Crippen LogP contribution in [0.2, 0.25) is 0 Å². The van der Waals surface area contributed by atoms with E-state index in [4.69, 9.17) is 5.14 Å². The average Bonchev–Trinajstić information content (AvgIpc) is 2.47. The summed E-state index contributed by atoms with van der Waals surface area (Å²) in [6.45, 7) is 4.53. The second-order valence-electron chi connectivity index (χ2n) is 5.98. The van der Waals surface area contributed by atoms with Crippen LogP contribution in [-0.4, -0.2) is 62.0 Å². The van der Waals surface area contributed by atoms with Crippen LogP contribution in [0, 0.1) is 6.92 Å². The number of sulfonamides is 1. The summed E-state index contributed by atoms with van der Waals surface area (Å²) < 4.78 is 22.0. The third kappa shape index (κ3) is 5.19. The van der Waals surface area contributed by atoms with Gasteiger partial charge in [0.25, 0.3) is 0 Å². The predicted octanol–water partition coefficient (Wildman–Crippen LogP) is 0.364. The molecule has 1 aromatic rings. The Hall–Kier alpha value is -1.25. The first-order valence-electron chi connectivity index (χ1n) is 7.61. The first-order chi connectivity index (χ1) is 10.3. The van der Waals surface area contributed by atoms with Gasteiger partial charge in [-0.3, -0.25) is 0 Å². The molecule has 1 fully saturated rings. The summed E-state index contributed by atoms with van der Waals surface area (Å²) in [4.78, 5) is 4.47. The zero-order valence-electron chi connectivity index (χ0n) is 13.3. The Bertz CT molecular complexity index is 575. The first-order valence-corrected chi connectivity index (χ1v) is 9.33. The number of piperidine rings is 1. The lowest BCUT2D eigenvalue weighted by Gasteiger charge is -2.38.